The van der Waals surface area contributed by atoms with Crippen LogP contribution in [0.4, 0.5) is 0 Å². The minimum atomic E-state index is -0.557. The summed E-state index contributed by atoms with van der Waals surface area (Å²) in [4.78, 5) is 38.0. The third-order valence-corrected chi connectivity index (χ3v) is 7.62. The number of hydrogen-bond acceptors (Lipinski definition) is 5. The fourth-order valence-corrected chi connectivity index (χ4v) is 5.90. The lowest BCUT2D eigenvalue weighted by Gasteiger charge is -2.50. The molecule has 1 aromatic carbocycles. The smallest absolute Gasteiger partial charge is 0.255 e. The van der Waals surface area contributed by atoms with Gasteiger partial charge in [-0.15, -0.1) is 0 Å². The van der Waals surface area contributed by atoms with Crippen molar-refractivity contribution >= 4 is 17.7 Å². The van der Waals surface area contributed by atoms with Crippen LogP contribution in [-0.4, -0.2) is 40.7 Å². The number of imide groups is 1. The van der Waals surface area contributed by atoms with Gasteiger partial charge in [0.25, 0.3) is 5.91 Å². The molecule has 5 rings (SSSR count). The number of nitrogens with one attached hydrogen (secondary N) is 2. The van der Waals surface area contributed by atoms with E-state index in [1.54, 1.807) is 4.90 Å². The van der Waals surface area contributed by atoms with Crippen LogP contribution in [0.3, 0.4) is 0 Å². The van der Waals surface area contributed by atoms with E-state index in [0.29, 0.717) is 36.0 Å². The molecule has 7 heteroatoms. The molecule has 2 saturated carbocycles. The molecule has 2 aliphatic carbocycles. The molecule has 1 aromatic rings. The van der Waals surface area contributed by atoms with E-state index in [-0.39, 0.29) is 24.1 Å². The molecule has 1 atom stereocenters. The summed E-state index contributed by atoms with van der Waals surface area (Å²) in [5, 5.41) is 6.04. The van der Waals surface area contributed by atoms with E-state index < -0.39 is 6.04 Å². The van der Waals surface area contributed by atoms with Gasteiger partial charge in [-0.25, -0.2) is 0 Å². The SMILES string of the molecule is NC1CC2(CCC(NCc3ccc4c(c3)CN(C3CCC(=O)NC3=O)C4=O)CC2)C1. The van der Waals surface area contributed by atoms with Crippen molar-refractivity contribution in [1.29, 1.82) is 0 Å². The maximum absolute atomic E-state index is 12.8. The van der Waals surface area contributed by atoms with Gasteiger partial charge in [-0.2, -0.15) is 0 Å². The van der Waals surface area contributed by atoms with Gasteiger partial charge in [0.2, 0.25) is 11.8 Å². The summed E-state index contributed by atoms with van der Waals surface area (Å²) in [6.07, 6.45) is 8.03. The lowest BCUT2D eigenvalue weighted by Crippen LogP contribution is -2.52. The van der Waals surface area contributed by atoms with Crippen molar-refractivity contribution in [3.8, 4) is 0 Å². The van der Waals surface area contributed by atoms with E-state index >= 15 is 0 Å². The molecular formula is C23H30N4O3. The van der Waals surface area contributed by atoms with Gasteiger partial charge in [0.15, 0.2) is 0 Å². The van der Waals surface area contributed by atoms with Crippen LogP contribution in [-0.2, 0) is 22.7 Å². The Morgan fingerprint density at radius 1 is 1.13 bits per heavy atom. The third kappa shape index (κ3) is 3.54. The number of rotatable bonds is 4. The van der Waals surface area contributed by atoms with Crippen LogP contribution >= 0.6 is 0 Å². The number of benzene rings is 1. The van der Waals surface area contributed by atoms with E-state index in [4.69, 9.17) is 5.73 Å². The van der Waals surface area contributed by atoms with Gasteiger partial charge in [-0.1, -0.05) is 12.1 Å². The van der Waals surface area contributed by atoms with E-state index in [9.17, 15) is 14.4 Å². The number of carbonyl (C=O) groups excluding carboxylic acids is 3. The maximum atomic E-state index is 12.8. The Bertz CT molecular complexity index is 882. The molecule has 0 aromatic heterocycles. The average molecular weight is 411 g/mol. The lowest BCUT2D eigenvalue weighted by molar-refractivity contribution is -0.136. The number of carbonyl (C=O) groups is 3. The summed E-state index contributed by atoms with van der Waals surface area (Å²) in [6, 6.07) is 6.38. The monoisotopic (exact) mass is 410 g/mol. The first-order chi connectivity index (χ1) is 14.4. The van der Waals surface area contributed by atoms with Crippen LogP contribution in [0.5, 0.6) is 0 Å². The lowest BCUT2D eigenvalue weighted by atomic mass is 9.58. The second-order valence-corrected chi connectivity index (χ2v) is 9.71. The molecule has 2 heterocycles. The average Bonchev–Trinajstić information content (AvgIpc) is 3.02. The van der Waals surface area contributed by atoms with Crippen LogP contribution in [0, 0.1) is 5.41 Å². The number of fused-ring (bicyclic) bond motifs is 1. The Labute approximate surface area is 176 Å². The van der Waals surface area contributed by atoms with Crippen LogP contribution < -0.4 is 16.4 Å². The van der Waals surface area contributed by atoms with E-state index in [0.717, 1.165) is 17.7 Å². The number of nitrogens with zero attached hydrogens (tertiary/aromatic N) is 1. The number of nitrogens with two attached hydrogens (primary N) is 1. The second-order valence-electron chi connectivity index (χ2n) is 9.71. The van der Waals surface area contributed by atoms with Crippen molar-refractivity contribution in [2.24, 2.45) is 11.1 Å². The Balaban J connectivity index is 1.18. The molecule has 7 nitrogen and oxygen atoms in total. The van der Waals surface area contributed by atoms with E-state index in [2.05, 4.69) is 16.7 Å². The molecule has 0 bridgehead atoms. The van der Waals surface area contributed by atoms with Crippen molar-refractivity contribution in [3.05, 3.63) is 34.9 Å². The van der Waals surface area contributed by atoms with Gasteiger partial charge >= 0.3 is 0 Å². The predicted molar refractivity (Wildman–Crippen MR) is 111 cm³/mol. The molecule has 1 saturated heterocycles. The summed E-state index contributed by atoms with van der Waals surface area (Å²) in [5.41, 5.74) is 9.33. The zero-order valence-electron chi connectivity index (χ0n) is 17.3. The van der Waals surface area contributed by atoms with Crippen molar-refractivity contribution in [3.63, 3.8) is 0 Å². The van der Waals surface area contributed by atoms with Crippen LogP contribution in [0.25, 0.3) is 0 Å². The first-order valence-electron chi connectivity index (χ1n) is 11.2. The minimum Gasteiger partial charge on any atom is -0.328 e. The third-order valence-electron chi connectivity index (χ3n) is 7.62. The molecule has 4 aliphatic rings. The van der Waals surface area contributed by atoms with Crippen molar-refractivity contribution in [1.82, 2.24) is 15.5 Å². The highest BCUT2D eigenvalue weighted by atomic mass is 16.2. The van der Waals surface area contributed by atoms with Gasteiger partial charge in [0.05, 0.1) is 0 Å². The zero-order valence-corrected chi connectivity index (χ0v) is 17.3. The fourth-order valence-electron chi connectivity index (χ4n) is 5.90. The Morgan fingerprint density at radius 3 is 2.60 bits per heavy atom. The fraction of sp³-hybridized carbons (Fsp3) is 0.609. The Hall–Kier alpha value is -2.25. The largest absolute Gasteiger partial charge is 0.328 e. The number of hydrogen-bond donors (Lipinski definition) is 3. The summed E-state index contributed by atoms with van der Waals surface area (Å²) in [6.45, 7) is 1.22. The van der Waals surface area contributed by atoms with Gasteiger partial charge in [-0.05, 0) is 67.6 Å². The van der Waals surface area contributed by atoms with E-state index in [1.807, 2.05) is 12.1 Å². The molecule has 1 spiro atoms. The minimum absolute atomic E-state index is 0.115. The van der Waals surface area contributed by atoms with Gasteiger partial charge in [0.1, 0.15) is 6.04 Å². The Kier molecular flexibility index (Phi) is 4.90. The second kappa shape index (κ2) is 7.46. The van der Waals surface area contributed by atoms with Crippen molar-refractivity contribution < 1.29 is 14.4 Å². The molecule has 3 amide bonds. The summed E-state index contributed by atoms with van der Waals surface area (Å²) in [7, 11) is 0. The molecule has 160 valence electrons. The van der Waals surface area contributed by atoms with Gasteiger partial charge < -0.3 is 16.0 Å². The van der Waals surface area contributed by atoms with Crippen molar-refractivity contribution in [2.45, 2.75) is 82.6 Å². The first-order valence-corrected chi connectivity index (χ1v) is 11.2. The maximum Gasteiger partial charge on any atom is 0.255 e. The molecule has 30 heavy (non-hydrogen) atoms. The molecule has 3 fully saturated rings. The quantitative estimate of drug-likeness (QED) is 0.654. The zero-order chi connectivity index (χ0) is 20.9. The molecule has 0 radical (unpaired) electrons. The molecular weight excluding hydrogens is 380 g/mol. The first kappa shape index (κ1) is 19.7. The van der Waals surface area contributed by atoms with Gasteiger partial charge in [0, 0.05) is 37.2 Å². The van der Waals surface area contributed by atoms with Crippen molar-refractivity contribution in [2.75, 3.05) is 0 Å². The van der Waals surface area contributed by atoms with E-state index in [1.165, 1.54) is 38.5 Å². The Morgan fingerprint density at radius 2 is 1.90 bits per heavy atom. The normalized spacial score (nSPS) is 33.4. The summed E-state index contributed by atoms with van der Waals surface area (Å²) < 4.78 is 0. The topological polar surface area (TPSA) is 105 Å². The number of piperidine rings is 1. The molecule has 1 unspecified atom stereocenters. The van der Waals surface area contributed by atoms with Crippen LogP contribution in [0.1, 0.15) is 72.9 Å². The highest BCUT2D eigenvalue weighted by molar-refractivity contribution is 6.05. The highest BCUT2D eigenvalue weighted by Crippen LogP contribution is 2.50. The standard InChI is InChI=1S/C23H30N4O3/c24-16-10-23(11-16)7-5-17(6-8-23)25-12-14-1-2-18-15(9-14)13-27(22(18)30)19-3-4-20(28)26-21(19)29/h1-2,9,16-17,19,25H,3-8,10-13,24H2,(H,26,28,29). The van der Waals surface area contributed by atoms with Crippen LogP contribution in [0.15, 0.2) is 18.2 Å². The van der Waals surface area contributed by atoms with Gasteiger partial charge in [-0.3, -0.25) is 19.7 Å². The summed E-state index contributed by atoms with van der Waals surface area (Å²) >= 11 is 0. The molecule has 2 aliphatic heterocycles. The van der Waals surface area contributed by atoms with Crippen LogP contribution in [0.2, 0.25) is 0 Å². The number of amides is 3. The highest BCUT2D eigenvalue weighted by Gasteiger charge is 2.44. The molecule has 4 N–H and O–H groups in total. The predicted octanol–water partition coefficient (Wildman–Crippen LogP) is 1.59. The summed E-state index contributed by atoms with van der Waals surface area (Å²) in [5.74, 6) is -0.741.